The number of halogens is 1. The summed E-state index contributed by atoms with van der Waals surface area (Å²) in [5.41, 5.74) is 5.97. The molecule has 0 aliphatic carbocycles. The second-order valence-electron chi connectivity index (χ2n) is 4.80. The number of carbonyl (C=O) groups is 2. The Morgan fingerprint density at radius 3 is 2.65 bits per heavy atom. The Morgan fingerprint density at radius 2 is 2.05 bits per heavy atom. The first-order chi connectivity index (χ1) is 9.42. The van der Waals surface area contributed by atoms with Crippen molar-refractivity contribution in [3.05, 3.63) is 24.0 Å². The van der Waals surface area contributed by atoms with Crippen molar-refractivity contribution in [3.63, 3.8) is 0 Å². The quantitative estimate of drug-likeness (QED) is 0.746. The summed E-state index contributed by atoms with van der Waals surface area (Å²) in [6.45, 7) is 3.80. The predicted octanol–water partition coefficient (Wildman–Crippen LogP) is 2.10. The molecule has 1 atom stereocenters. The third kappa shape index (κ3) is 5.36. The normalized spacial score (nSPS) is 11.8. The zero-order valence-electron chi connectivity index (χ0n) is 11.7. The molecule has 0 saturated carbocycles. The number of carbonyl (C=O) groups excluding carboxylic acids is 2. The summed E-state index contributed by atoms with van der Waals surface area (Å²) in [4.78, 5) is 22.7. The van der Waals surface area contributed by atoms with Crippen molar-refractivity contribution in [2.45, 2.75) is 26.7 Å². The van der Waals surface area contributed by atoms with Crippen molar-refractivity contribution in [1.82, 2.24) is 0 Å². The van der Waals surface area contributed by atoms with E-state index in [-0.39, 0.29) is 23.4 Å². The monoisotopic (exact) mass is 281 g/mol. The Hall–Kier alpha value is -1.95. The minimum atomic E-state index is -0.546. The molecule has 0 aromatic heterocycles. The highest BCUT2D eigenvalue weighted by molar-refractivity contribution is 5.93. The number of rotatable bonds is 6. The third-order valence-corrected chi connectivity index (χ3v) is 2.83. The molecule has 6 heteroatoms. The third-order valence-electron chi connectivity index (χ3n) is 2.83. The van der Waals surface area contributed by atoms with Crippen molar-refractivity contribution < 1.29 is 14.0 Å². The molecule has 1 aromatic carbocycles. The Balaban J connectivity index is 2.63. The van der Waals surface area contributed by atoms with E-state index in [2.05, 4.69) is 10.6 Å². The first kappa shape index (κ1) is 16.1. The standard InChI is InChI=1S/C14H20FN3O2/c1-9(8-16)3-6-14(20)18-11-4-5-12(15)13(7-11)17-10(2)19/h4-5,7,9H,3,6,8,16H2,1-2H3,(H,17,19)(H,18,20). The van der Waals surface area contributed by atoms with Gasteiger partial charge in [-0.25, -0.2) is 4.39 Å². The second kappa shape index (κ2) is 7.59. The molecular weight excluding hydrogens is 261 g/mol. The topological polar surface area (TPSA) is 84.2 Å². The van der Waals surface area contributed by atoms with E-state index in [0.29, 0.717) is 25.1 Å². The second-order valence-corrected chi connectivity index (χ2v) is 4.80. The lowest BCUT2D eigenvalue weighted by Crippen LogP contribution is -2.16. The number of anilines is 2. The molecule has 0 aliphatic rings. The van der Waals surface area contributed by atoms with E-state index in [4.69, 9.17) is 5.73 Å². The highest BCUT2D eigenvalue weighted by Gasteiger charge is 2.09. The van der Waals surface area contributed by atoms with Gasteiger partial charge in [0.2, 0.25) is 11.8 Å². The largest absolute Gasteiger partial charge is 0.330 e. The minimum Gasteiger partial charge on any atom is -0.330 e. The van der Waals surface area contributed by atoms with Gasteiger partial charge < -0.3 is 16.4 Å². The van der Waals surface area contributed by atoms with Gasteiger partial charge in [-0.2, -0.15) is 0 Å². The Morgan fingerprint density at radius 1 is 1.35 bits per heavy atom. The lowest BCUT2D eigenvalue weighted by molar-refractivity contribution is -0.116. The molecule has 0 fully saturated rings. The summed E-state index contributed by atoms with van der Waals surface area (Å²) in [6, 6.07) is 4.04. The van der Waals surface area contributed by atoms with E-state index < -0.39 is 5.82 Å². The van der Waals surface area contributed by atoms with Gasteiger partial charge in [-0.3, -0.25) is 9.59 Å². The summed E-state index contributed by atoms with van der Waals surface area (Å²) in [5, 5.41) is 5.03. The average Bonchev–Trinajstić information content (AvgIpc) is 2.39. The molecule has 1 aromatic rings. The van der Waals surface area contributed by atoms with Crippen LogP contribution in [0.2, 0.25) is 0 Å². The summed E-state index contributed by atoms with van der Waals surface area (Å²) >= 11 is 0. The van der Waals surface area contributed by atoms with Gasteiger partial charge in [0.1, 0.15) is 5.82 Å². The van der Waals surface area contributed by atoms with Gasteiger partial charge in [-0.1, -0.05) is 6.92 Å². The zero-order chi connectivity index (χ0) is 15.1. The van der Waals surface area contributed by atoms with Gasteiger partial charge in [-0.15, -0.1) is 0 Å². The fourth-order valence-corrected chi connectivity index (χ4v) is 1.61. The fraction of sp³-hybridized carbons (Fsp3) is 0.429. The number of benzene rings is 1. The van der Waals surface area contributed by atoms with E-state index >= 15 is 0 Å². The van der Waals surface area contributed by atoms with E-state index in [1.165, 1.54) is 25.1 Å². The van der Waals surface area contributed by atoms with Crippen LogP contribution in [-0.2, 0) is 9.59 Å². The molecule has 4 N–H and O–H groups in total. The number of hydrogen-bond donors (Lipinski definition) is 3. The van der Waals surface area contributed by atoms with Crippen LogP contribution in [0.1, 0.15) is 26.7 Å². The van der Waals surface area contributed by atoms with Crippen LogP contribution in [0.5, 0.6) is 0 Å². The highest BCUT2D eigenvalue weighted by atomic mass is 19.1. The molecule has 2 amide bonds. The van der Waals surface area contributed by atoms with Crippen LogP contribution in [0.15, 0.2) is 18.2 Å². The van der Waals surface area contributed by atoms with Crippen LogP contribution < -0.4 is 16.4 Å². The van der Waals surface area contributed by atoms with E-state index in [0.717, 1.165) is 0 Å². The molecule has 0 radical (unpaired) electrons. The predicted molar refractivity (Wildman–Crippen MR) is 76.8 cm³/mol. The molecule has 1 unspecified atom stereocenters. The summed E-state index contributed by atoms with van der Waals surface area (Å²) in [5.74, 6) is -0.798. The molecule has 0 heterocycles. The molecule has 1 rings (SSSR count). The van der Waals surface area contributed by atoms with Crippen molar-refractivity contribution in [3.8, 4) is 0 Å². The van der Waals surface area contributed by atoms with Crippen LogP contribution in [0, 0.1) is 11.7 Å². The van der Waals surface area contributed by atoms with Gasteiger partial charge in [0.25, 0.3) is 0 Å². The summed E-state index contributed by atoms with van der Waals surface area (Å²) < 4.78 is 13.4. The molecule has 0 aliphatic heterocycles. The van der Waals surface area contributed by atoms with Crippen molar-refractivity contribution >= 4 is 23.2 Å². The molecule has 5 nitrogen and oxygen atoms in total. The molecule has 0 saturated heterocycles. The van der Waals surface area contributed by atoms with E-state index in [1.807, 2.05) is 6.92 Å². The van der Waals surface area contributed by atoms with E-state index in [9.17, 15) is 14.0 Å². The maximum absolute atomic E-state index is 13.4. The first-order valence-electron chi connectivity index (χ1n) is 6.49. The van der Waals surface area contributed by atoms with Crippen LogP contribution in [0.3, 0.4) is 0 Å². The number of amides is 2. The van der Waals surface area contributed by atoms with Crippen LogP contribution in [0.4, 0.5) is 15.8 Å². The van der Waals surface area contributed by atoms with E-state index in [1.54, 1.807) is 0 Å². The van der Waals surface area contributed by atoms with Crippen LogP contribution in [0.25, 0.3) is 0 Å². The smallest absolute Gasteiger partial charge is 0.224 e. The Bertz CT molecular complexity index is 491. The Labute approximate surface area is 117 Å². The molecule has 0 spiro atoms. The van der Waals surface area contributed by atoms with Gasteiger partial charge in [-0.05, 0) is 37.1 Å². The highest BCUT2D eigenvalue weighted by Crippen LogP contribution is 2.20. The summed E-state index contributed by atoms with van der Waals surface area (Å²) in [6.07, 6.45) is 1.05. The fourth-order valence-electron chi connectivity index (χ4n) is 1.61. The summed E-state index contributed by atoms with van der Waals surface area (Å²) in [7, 11) is 0. The van der Waals surface area contributed by atoms with Gasteiger partial charge >= 0.3 is 0 Å². The van der Waals surface area contributed by atoms with Gasteiger partial charge in [0, 0.05) is 19.0 Å². The van der Waals surface area contributed by atoms with Crippen molar-refractivity contribution in [2.75, 3.05) is 17.2 Å². The SMILES string of the molecule is CC(=O)Nc1cc(NC(=O)CCC(C)CN)ccc1F. The van der Waals surface area contributed by atoms with Crippen molar-refractivity contribution in [2.24, 2.45) is 11.7 Å². The minimum absolute atomic E-state index is 0.0469. The van der Waals surface area contributed by atoms with Crippen LogP contribution in [-0.4, -0.2) is 18.4 Å². The maximum atomic E-state index is 13.4. The first-order valence-corrected chi connectivity index (χ1v) is 6.49. The van der Waals surface area contributed by atoms with Gasteiger partial charge in [0.15, 0.2) is 0 Å². The average molecular weight is 281 g/mol. The lowest BCUT2D eigenvalue weighted by atomic mass is 10.1. The number of nitrogens with one attached hydrogen (secondary N) is 2. The Kier molecular flexibility index (Phi) is 6.11. The van der Waals surface area contributed by atoms with Gasteiger partial charge in [0.05, 0.1) is 5.69 Å². The van der Waals surface area contributed by atoms with Crippen molar-refractivity contribution in [1.29, 1.82) is 0 Å². The lowest BCUT2D eigenvalue weighted by Gasteiger charge is -2.10. The molecule has 20 heavy (non-hydrogen) atoms. The molecule has 0 bridgehead atoms. The maximum Gasteiger partial charge on any atom is 0.224 e. The number of nitrogens with two attached hydrogens (primary N) is 1. The molecular formula is C14H20FN3O2. The zero-order valence-corrected chi connectivity index (χ0v) is 11.7. The van der Waals surface area contributed by atoms with Crippen LogP contribution >= 0.6 is 0 Å². The number of hydrogen-bond acceptors (Lipinski definition) is 3. The molecule has 110 valence electrons.